The van der Waals surface area contributed by atoms with Gasteiger partial charge in [0.1, 0.15) is 11.4 Å². The molecule has 176 valence electrons. The number of aryl methyl sites for hydroxylation is 1. The van der Waals surface area contributed by atoms with Gasteiger partial charge in [0, 0.05) is 19.1 Å². The van der Waals surface area contributed by atoms with Crippen LogP contribution >= 0.6 is 11.3 Å². The minimum absolute atomic E-state index is 0.0196. The van der Waals surface area contributed by atoms with Gasteiger partial charge in [0.25, 0.3) is 11.5 Å². The first kappa shape index (κ1) is 24.4. The van der Waals surface area contributed by atoms with Crippen LogP contribution in [0.1, 0.15) is 61.7 Å². The van der Waals surface area contributed by atoms with Crippen LogP contribution in [0.4, 0.5) is 0 Å². The van der Waals surface area contributed by atoms with Crippen LogP contribution in [0.3, 0.4) is 0 Å². The second-order valence-electron chi connectivity index (χ2n) is 8.48. The van der Waals surface area contributed by atoms with Gasteiger partial charge in [-0.25, -0.2) is 4.98 Å². The number of hydrogen-bond acceptors (Lipinski definition) is 6. The Balaban J connectivity index is 1.71. The fraction of sp³-hybridized carbons (Fsp3) is 0.652. The summed E-state index contributed by atoms with van der Waals surface area (Å²) in [7, 11) is 0. The van der Waals surface area contributed by atoms with Crippen LogP contribution in [0, 0.1) is 6.92 Å². The highest BCUT2D eigenvalue weighted by atomic mass is 32.1. The minimum atomic E-state index is -0.262. The molecule has 1 fully saturated rings. The van der Waals surface area contributed by atoms with Gasteiger partial charge in [0.05, 0.1) is 16.6 Å². The Kier molecular flexibility index (Phi) is 8.42. The summed E-state index contributed by atoms with van der Waals surface area (Å²) < 4.78 is 1.37. The highest BCUT2D eigenvalue weighted by Crippen LogP contribution is 2.26. The predicted octanol–water partition coefficient (Wildman–Crippen LogP) is 2.63. The Morgan fingerprint density at radius 1 is 1.28 bits per heavy atom. The molecule has 2 aromatic rings. The van der Waals surface area contributed by atoms with Crippen LogP contribution < -0.4 is 10.9 Å². The lowest BCUT2D eigenvalue weighted by Crippen LogP contribution is -2.44. The van der Waals surface area contributed by atoms with Crippen LogP contribution in [-0.4, -0.2) is 69.9 Å². The van der Waals surface area contributed by atoms with E-state index in [-0.39, 0.29) is 30.0 Å². The Labute approximate surface area is 193 Å². The smallest absolute Gasteiger partial charge is 0.262 e. The van der Waals surface area contributed by atoms with Gasteiger partial charge < -0.3 is 15.1 Å². The van der Waals surface area contributed by atoms with E-state index in [2.05, 4.69) is 36.0 Å². The number of thiophene rings is 1. The molecule has 2 amide bonds. The molecule has 0 spiro atoms. The van der Waals surface area contributed by atoms with Crippen molar-refractivity contribution in [2.24, 2.45) is 0 Å². The van der Waals surface area contributed by atoms with Crippen molar-refractivity contribution >= 4 is 33.4 Å². The van der Waals surface area contributed by atoms with Crippen molar-refractivity contribution in [2.75, 3.05) is 32.7 Å². The van der Waals surface area contributed by atoms with Crippen molar-refractivity contribution in [3.05, 3.63) is 27.1 Å². The van der Waals surface area contributed by atoms with Crippen LogP contribution in [0.15, 0.2) is 11.1 Å². The number of likely N-dealkylation sites (tertiary alicyclic amines) is 1. The molecular formula is C23H35N5O3S. The number of carbonyl (C=O) groups excluding carboxylic acids is 2. The van der Waals surface area contributed by atoms with E-state index in [9.17, 15) is 14.4 Å². The summed E-state index contributed by atoms with van der Waals surface area (Å²) in [6, 6.07) is 0.198. The maximum atomic E-state index is 13.1. The molecule has 1 aliphatic rings. The molecular weight excluding hydrogens is 426 g/mol. The van der Waals surface area contributed by atoms with Gasteiger partial charge >= 0.3 is 0 Å². The summed E-state index contributed by atoms with van der Waals surface area (Å²) in [4.78, 5) is 48.2. The molecule has 0 aromatic carbocycles. The highest BCUT2D eigenvalue weighted by Gasteiger charge is 2.25. The van der Waals surface area contributed by atoms with E-state index in [0.717, 1.165) is 51.9 Å². The number of piperidine rings is 1. The van der Waals surface area contributed by atoms with E-state index in [1.807, 2.05) is 4.90 Å². The molecule has 0 aliphatic carbocycles. The van der Waals surface area contributed by atoms with Gasteiger partial charge in [-0.15, -0.1) is 11.3 Å². The average molecular weight is 462 g/mol. The SMILES string of the molecule is CCN(CC)CCCNC(=O)c1sc2ncn(CC(=O)N3CCCCC3C)c(=O)c2c1C. The first-order chi connectivity index (χ1) is 15.4. The third kappa shape index (κ3) is 5.38. The molecule has 3 heterocycles. The molecule has 2 aromatic heterocycles. The molecule has 0 radical (unpaired) electrons. The van der Waals surface area contributed by atoms with E-state index in [0.29, 0.717) is 27.2 Å². The molecule has 0 saturated carbocycles. The van der Waals surface area contributed by atoms with Gasteiger partial charge in [-0.3, -0.25) is 19.0 Å². The number of amides is 2. The van der Waals surface area contributed by atoms with Gasteiger partial charge in [-0.2, -0.15) is 0 Å². The number of carbonyl (C=O) groups is 2. The number of hydrogen-bond donors (Lipinski definition) is 1. The number of fused-ring (bicyclic) bond motifs is 1. The maximum absolute atomic E-state index is 13.1. The van der Waals surface area contributed by atoms with Crippen molar-refractivity contribution in [1.29, 1.82) is 0 Å². The molecule has 1 unspecified atom stereocenters. The third-order valence-corrected chi connectivity index (χ3v) is 7.58. The zero-order valence-corrected chi connectivity index (χ0v) is 20.5. The van der Waals surface area contributed by atoms with Gasteiger partial charge in [0.15, 0.2) is 0 Å². The Morgan fingerprint density at radius 3 is 2.72 bits per heavy atom. The predicted molar refractivity (Wildman–Crippen MR) is 128 cm³/mol. The van der Waals surface area contributed by atoms with Gasteiger partial charge in [0.2, 0.25) is 5.91 Å². The zero-order valence-electron chi connectivity index (χ0n) is 19.6. The molecule has 1 saturated heterocycles. The normalized spacial score (nSPS) is 16.7. The molecule has 1 aliphatic heterocycles. The fourth-order valence-electron chi connectivity index (χ4n) is 4.32. The first-order valence-corrected chi connectivity index (χ1v) is 12.5. The lowest BCUT2D eigenvalue weighted by Gasteiger charge is -2.33. The van der Waals surface area contributed by atoms with Crippen LogP contribution in [0.25, 0.3) is 10.2 Å². The summed E-state index contributed by atoms with van der Waals surface area (Å²) in [5.74, 6) is -0.228. The van der Waals surface area contributed by atoms with Crippen molar-refractivity contribution in [1.82, 2.24) is 24.7 Å². The third-order valence-electron chi connectivity index (χ3n) is 6.38. The molecule has 1 atom stereocenters. The van der Waals surface area contributed by atoms with E-state index in [1.54, 1.807) is 6.92 Å². The number of rotatable bonds is 9. The van der Waals surface area contributed by atoms with E-state index in [1.165, 1.54) is 22.2 Å². The summed E-state index contributed by atoms with van der Waals surface area (Å²) in [5, 5.41) is 3.40. The zero-order chi connectivity index (χ0) is 23.3. The summed E-state index contributed by atoms with van der Waals surface area (Å²) >= 11 is 1.23. The van der Waals surface area contributed by atoms with Crippen LogP contribution in [-0.2, 0) is 11.3 Å². The molecule has 9 heteroatoms. The van der Waals surface area contributed by atoms with E-state index >= 15 is 0 Å². The Morgan fingerprint density at radius 2 is 2.03 bits per heavy atom. The lowest BCUT2D eigenvalue weighted by atomic mass is 10.0. The van der Waals surface area contributed by atoms with E-state index < -0.39 is 0 Å². The second kappa shape index (κ2) is 11.0. The van der Waals surface area contributed by atoms with Crippen molar-refractivity contribution in [3.8, 4) is 0 Å². The standard InChI is InChI=1S/C23H35N5O3S/c1-5-26(6-2)12-9-11-24-21(30)20-17(4)19-22(32-20)25-15-27(23(19)31)14-18(29)28-13-8-7-10-16(28)3/h15-16H,5-14H2,1-4H3,(H,24,30). The lowest BCUT2D eigenvalue weighted by molar-refractivity contribution is -0.135. The monoisotopic (exact) mass is 461 g/mol. The quantitative estimate of drug-likeness (QED) is 0.580. The Bertz CT molecular complexity index is 1010. The number of nitrogens with zero attached hydrogens (tertiary/aromatic N) is 4. The topological polar surface area (TPSA) is 87.5 Å². The molecule has 8 nitrogen and oxygen atoms in total. The summed E-state index contributed by atoms with van der Waals surface area (Å²) in [6.45, 7) is 12.3. The molecule has 3 rings (SSSR count). The summed E-state index contributed by atoms with van der Waals surface area (Å²) in [5.41, 5.74) is 0.374. The largest absolute Gasteiger partial charge is 0.351 e. The van der Waals surface area contributed by atoms with Crippen molar-refractivity contribution < 1.29 is 9.59 Å². The molecule has 1 N–H and O–H groups in total. The van der Waals surface area contributed by atoms with E-state index in [4.69, 9.17) is 0 Å². The average Bonchev–Trinajstić information content (AvgIpc) is 3.13. The number of nitrogens with one attached hydrogen (secondary N) is 1. The maximum Gasteiger partial charge on any atom is 0.262 e. The van der Waals surface area contributed by atoms with Crippen LogP contribution in [0.2, 0.25) is 0 Å². The van der Waals surface area contributed by atoms with Crippen LogP contribution in [0.5, 0.6) is 0 Å². The Hall–Kier alpha value is -2.26. The highest BCUT2D eigenvalue weighted by molar-refractivity contribution is 7.20. The van der Waals surface area contributed by atoms with Gasteiger partial charge in [-0.1, -0.05) is 13.8 Å². The minimum Gasteiger partial charge on any atom is -0.351 e. The van der Waals surface area contributed by atoms with Crippen molar-refractivity contribution in [3.63, 3.8) is 0 Å². The second-order valence-corrected chi connectivity index (χ2v) is 9.48. The molecule has 32 heavy (non-hydrogen) atoms. The first-order valence-electron chi connectivity index (χ1n) is 11.7. The number of aromatic nitrogens is 2. The van der Waals surface area contributed by atoms with Gasteiger partial charge in [-0.05, 0) is 64.7 Å². The summed E-state index contributed by atoms with van der Waals surface area (Å²) in [6.07, 6.45) is 5.43. The molecule has 0 bridgehead atoms. The fourth-order valence-corrected chi connectivity index (χ4v) is 5.37. The van der Waals surface area contributed by atoms with Crippen molar-refractivity contribution in [2.45, 2.75) is 66.0 Å².